The van der Waals surface area contributed by atoms with E-state index in [0.717, 1.165) is 4.90 Å². The molecule has 0 aliphatic heterocycles. The predicted octanol–water partition coefficient (Wildman–Crippen LogP) is 4.82. The SMILES string of the molecule is CSc1ccc(-n2cc(-c3ccccn3)cc(-c3cccnc3F)c2=O)cc1. The number of benzene rings is 1. The van der Waals surface area contributed by atoms with Crippen LogP contribution in [0.1, 0.15) is 0 Å². The third kappa shape index (κ3) is 3.46. The van der Waals surface area contributed by atoms with Gasteiger partial charge in [0.15, 0.2) is 0 Å². The number of hydrogen-bond acceptors (Lipinski definition) is 4. The van der Waals surface area contributed by atoms with E-state index in [-0.39, 0.29) is 16.7 Å². The van der Waals surface area contributed by atoms with Gasteiger partial charge in [-0.3, -0.25) is 14.3 Å². The summed E-state index contributed by atoms with van der Waals surface area (Å²) in [6.07, 6.45) is 6.77. The van der Waals surface area contributed by atoms with Crippen molar-refractivity contribution in [3.8, 4) is 28.1 Å². The third-order valence-electron chi connectivity index (χ3n) is 4.38. The quantitative estimate of drug-likeness (QED) is 0.371. The molecule has 0 radical (unpaired) electrons. The van der Waals surface area contributed by atoms with Crippen molar-refractivity contribution in [3.63, 3.8) is 0 Å². The molecular weight excluding hydrogens is 373 g/mol. The first-order valence-electron chi connectivity index (χ1n) is 8.61. The summed E-state index contributed by atoms with van der Waals surface area (Å²) in [6.45, 7) is 0. The van der Waals surface area contributed by atoms with Gasteiger partial charge in [-0.05, 0) is 60.9 Å². The molecule has 0 aliphatic rings. The van der Waals surface area contributed by atoms with Crippen molar-refractivity contribution in [2.24, 2.45) is 0 Å². The van der Waals surface area contributed by atoms with Gasteiger partial charge in [-0.15, -0.1) is 11.8 Å². The standard InChI is InChI=1S/C22H16FN3OS/c1-28-17-9-7-16(8-10-17)26-14-15(20-6-2-3-11-24-20)13-19(22(26)27)18-5-4-12-25-21(18)23/h2-14H,1H3. The summed E-state index contributed by atoms with van der Waals surface area (Å²) in [5.41, 5.74) is 2.20. The van der Waals surface area contributed by atoms with Crippen molar-refractivity contribution in [2.45, 2.75) is 4.90 Å². The molecule has 0 spiro atoms. The summed E-state index contributed by atoms with van der Waals surface area (Å²) in [4.78, 5) is 22.4. The van der Waals surface area contributed by atoms with Crippen molar-refractivity contribution >= 4 is 11.8 Å². The number of hydrogen-bond donors (Lipinski definition) is 0. The third-order valence-corrected chi connectivity index (χ3v) is 5.12. The van der Waals surface area contributed by atoms with Crippen molar-refractivity contribution in [1.82, 2.24) is 14.5 Å². The van der Waals surface area contributed by atoms with Gasteiger partial charge >= 0.3 is 0 Å². The van der Waals surface area contributed by atoms with Crippen LogP contribution in [0.15, 0.2) is 88.9 Å². The highest BCUT2D eigenvalue weighted by molar-refractivity contribution is 7.98. The highest BCUT2D eigenvalue weighted by atomic mass is 32.2. The Morgan fingerprint density at radius 2 is 1.71 bits per heavy atom. The van der Waals surface area contributed by atoms with Gasteiger partial charge < -0.3 is 0 Å². The Balaban J connectivity index is 1.98. The zero-order valence-corrected chi connectivity index (χ0v) is 15.9. The molecule has 3 heterocycles. The molecule has 0 saturated carbocycles. The van der Waals surface area contributed by atoms with Crippen LogP contribution in [0, 0.1) is 5.95 Å². The largest absolute Gasteiger partial charge is 0.283 e. The molecule has 138 valence electrons. The predicted molar refractivity (Wildman–Crippen MR) is 110 cm³/mol. The molecule has 0 saturated heterocycles. The summed E-state index contributed by atoms with van der Waals surface area (Å²) >= 11 is 1.62. The Labute approximate surface area is 165 Å². The van der Waals surface area contributed by atoms with Crippen LogP contribution in [-0.2, 0) is 0 Å². The van der Waals surface area contributed by atoms with E-state index >= 15 is 0 Å². The fourth-order valence-electron chi connectivity index (χ4n) is 2.97. The summed E-state index contributed by atoms with van der Waals surface area (Å²) in [5, 5.41) is 0. The molecule has 28 heavy (non-hydrogen) atoms. The normalized spacial score (nSPS) is 10.8. The molecule has 0 N–H and O–H groups in total. The van der Waals surface area contributed by atoms with Gasteiger partial charge in [0, 0.05) is 40.3 Å². The molecule has 0 bridgehead atoms. The molecule has 4 nitrogen and oxygen atoms in total. The average Bonchev–Trinajstić information content (AvgIpc) is 2.75. The fraction of sp³-hybridized carbons (Fsp3) is 0.0455. The number of thioether (sulfide) groups is 1. The van der Waals surface area contributed by atoms with Crippen LogP contribution in [0.2, 0.25) is 0 Å². The smallest absolute Gasteiger partial charge is 0.263 e. The number of halogens is 1. The molecule has 3 aromatic heterocycles. The summed E-state index contributed by atoms with van der Waals surface area (Å²) in [7, 11) is 0. The van der Waals surface area contributed by atoms with E-state index in [1.165, 1.54) is 10.8 Å². The maximum Gasteiger partial charge on any atom is 0.263 e. The van der Waals surface area contributed by atoms with Crippen LogP contribution in [0.4, 0.5) is 4.39 Å². The van der Waals surface area contributed by atoms with Crippen molar-refractivity contribution in [3.05, 3.63) is 95.6 Å². The second-order valence-corrected chi connectivity index (χ2v) is 6.95. The minimum absolute atomic E-state index is 0.166. The minimum atomic E-state index is -0.679. The topological polar surface area (TPSA) is 47.8 Å². The van der Waals surface area contributed by atoms with Crippen molar-refractivity contribution in [2.75, 3.05) is 6.26 Å². The van der Waals surface area contributed by atoms with Crippen molar-refractivity contribution in [1.29, 1.82) is 0 Å². The molecule has 4 rings (SSSR count). The summed E-state index contributed by atoms with van der Waals surface area (Å²) < 4.78 is 15.9. The minimum Gasteiger partial charge on any atom is -0.283 e. The van der Waals surface area contributed by atoms with E-state index in [9.17, 15) is 9.18 Å². The van der Waals surface area contributed by atoms with E-state index in [1.807, 2.05) is 48.7 Å². The van der Waals surface area contributed by atoms with E-state index in [4.69, 9.17) is 0 Å². The van der Waals surface area contributed by atoms with E-state index in [1.54, 1.807) is 42.4 Å². The average molecular weight is 389 g/mol. The Morgan fingerprint density at radius 1 is 0.929 bits per heavy atom. The highest BCUT2D eigenvalue weighted by Gasteiger charge is 2.15. The zero-order chi connectivity index (χ0) is 19.5. The van der Waals surface area contributed by atoms with Crippen LogP contribution >= 0.6 is 11.8 Å². The summed E-state index contributed by atoms with van der Waals surface area (Å²) in [6, 6.07) is 18.0. The van der Waals surface area contributed by atoms with Crippen LogP contribution in [0.5, 0.6) is 0 Å². The van der Waals surface area contributed by atoms with E-state index in [2.05, 4.69) is 9.97 Å². The molecule has 4 aromatic rings. The van der Waals surface area contributed by atoms with Gasteiger partial charge in [-0.1, -0.05) is 6.07 Å². The Morgan fingerprint density at radius 3 is 2.39 bits per heavy atom. The molecule has 0 aliphatic carbocycles. The number of pyridine rings is 3. The van der Waals surface area contributed by atoms with Gasteiger partial charge in [-0.25, -0.2) is 4.98 Å². The maximum absolute atomic E-state index is 14.3. The lowest BCUT2D eigenvalue weighted by atomic mass is 10.0. The van der Waals surface area contributed by atoms with Gasteiger partial charge in [-0.2, -0.15) is 4.39 Å². The molecular formula is C22H16FN3OS. The number of nitrogens with zero attached hydrogens (tertiary/aromatic N) is 3. The Kier molecular flexibility index (Phi) is 5.04. The lowest BCUT2D eigenvalue weighted by Crippen LogP contribution is -2.20. The number of aromatic nitrogens is 3. The van der Waals surface area contributed by atoms with Crippen LogP contribution in [0.3, 0.4) is 0 Å². The molecule has 0 atom stereocenters. The second kappa shape index (κ2) is 7.78. The first-order chi connectivity index (χ1) is 13.7. The van der Waals surface area contributed by atoms with E-state index in [0.29, 0.717) is 16.9 Å². The first kappa shape index (κ1) is 18.1. The lowest BCUT2D eigenvalue weighted by molar-refractivity contribution is 0.587. The van der Waals surface area contributed by atoms with Crippen LogP contribution < -0.4 is 5.56 Å². The number of rotatable bonds is 4. The molecule has 0 fully saturated rings. The maximum atomic E-state index is 14.3. The van der Waals surface area contributed by atoms with Gasteiger partial charge in [0.05, 0.1) is 11.3 Å². The first-order valence-corrected chi connectivity index (χ1v) is 9.83. The molecule has 0 amide bonds. The lowest BCUT2D eigenvalue weighted by Gasteiger charge is -2.13. The van der Waals surface area contributed by atoms with Gasteiger partial charge in [0.25, 0.3) is 5.56 Å². The van der Waals surface area contributed by atoms with Crippen LogP contribution in [0.25, 0.3) is 28.1 Å². The Bertz CT molecular complexity index is 1170. The second-order valence-electron chi connectivity index (χ2n) is 6.07. The van der Waals surface area contributed by atoms with Crippen LogP contribution in [-0.4, -0.2) is 20.8 Å². The van der Waals surface area contributed by atoms with E-state index < -0.39 is 5.95 Å². The van der Waals surface area contributed by atoms with Gasteiger partial charge in [0.2, 0.25) is 5.95 Å². The summed E-state index contributed by atoms with van der Waals surface area (Å²) in [5.74, 6) is -0.679. The fourth-order valence-corrected chi connectivity index (χ4v) is 3.38. The van der Waals surface area contributed by atoms with Crippen molar-refractivity contribution < 1.29 is 4.39 Å². The zero-order valence-electron chi connectivity index (χ0n) is 15.0. The molecule has 6 heteroatoms. The molecule has 1 aromatic carbocycles. The van der Waals surface area contributed by atoms with Gasteiger partial charge in [0.1, 0.15) is 0 Å². The monoisotopic (exact) mass is 389 g/mol. The molecule has 0 unspecified atom stereocenters. The Hall–Kier alpha value is -3.25. The highest BCUT2D eigenvalue weighted by Crippen LogP contribution is 2.25.